The maximum absolute atomic E-state index is 13.1. The van der Waals surface area contributed by atoms with Gasteiger partial charge in [-0.05, 0) is 42.7 Å². The minimum atomic E-state index is -1.18. The van der Waals surface area contributed by atoms with Gasteiger partial charge in [0.1, 0.15) is 4.32 Å². The third-order valence-electron chi connectivity index (χ3n) is 4.46. The maximum atomic E-state index is 13.1. The van der Waals surface area contributed by atoms with Gasteiger partial charge in [-0.3, -0.25) is 9.69 Å². The van der Waals surface area contributed by atoms with E-state index in [0.717, 1.165) is 28.6 Å². The number of nitrogens with zero attached hydrogens (tertiary/aromatic N) is 1. The standard InChI is InChI=1S/C23H23NO5S2/c1-3-12-29-17-11-10-15(13-18(17)28-4-2)14-19-21(25)24(23(30)31-19)20(22(26)27)16-8-6-5-7-9-16/h5-11,13-14,20H,3-4,12H2,1-2H3,(H,26,27)/b19-14-. The van der Waals surface area contributed by atoms with Gasteiger partial charge < -0.3 is 14.6 Å². The summed E-state index contributed by atoms with van der Waals surface area (Å²) in [6.45, 7) is 4.97. The molecular weight excluding hydrogens is 434 g/mol. The molecule has 1 atom stereocenters. The van der Waals surface area contributed by atoms with Crippen LogP contribution in [-0.2, 0) is 9.59 Å². The van der Waals surface area contributed by atoms with Crippen molar-refractivity contribution in [2.75, 3.05) is 13.2 Å². The van der Waals surface area contributed by atoms with Crippen LogP contribution in [0.2, 0.25) is 0 Å². The van der Waals surface area contributed by atoms with Crippen molar-refractivity contribution in [1.82, 2.24) is 4.90 Å². The summed E-state index contributed by atoms with van der Waals surface area (Å²) in [5, 5.41) is 9.78. The van der Waals surface area contributed by atoms with Crippen LogP contribution in [0.5, 0.6) is 11.5 Å². The van der Waals surface area contributed by atoms with Gasteiger partial charge in [0.25, 0.3) is 5.91 Å². The number of rotatable bonds is 9. The van der Waals surface area contributed by atoms with Crippen LogP contribution in [0.15, 0.2) is 53.4 Å². The molecule has 2 aromatic carbocycles. The molecular formula is C23H23NO5S2. The SMILES string of the molecule is CCCOc1ccc(/C=C2\SC(=S)N(C(C(=O)O)c3ccccc3)C2=O)cc1OCC. The number of carbonyl (C=O) groups excluding carboxylic acids is 1. The van der Waals surface area contributed by atoms with E-state index in [1.54, 1.807) is 48.5 Å². The van der Waals surface area contributed by atoms with Crippen molar-refractivity contribution in [3.05, 3.63) is 64.6 Å². The largest absolute Gasteiger partial charge is 0.490 e. The number of carboxylic acid groups (broad SMARTS) is 1. The molecule has 1 unspecified atom stereocenters. The zero-order chi connectivity index (χ0) is 22.4. The number of amides is 1. The van der Waals surface area contributed by atoms with Gasteiger partial charge in [-0.2, -0.15) is 0 Å². The van der Waals surface area contributed by atoms with Crippen molar-refractivity contribution >= 4 is 46.3 Å². The molecule has 1 aliphatic heterocycles. The average Bonchev–Trinajstić information content (AvgIpc) is 3.02. The van der Waals surface area contributed by atoms with Gasteiger partial charge in [0, 0.05) is 0 Å². The average molecular weight is 458 g/mol. The normalized spacial score (nSPS) is 15.9. The molecule has 3 rings (SSSR count). The van der Waals surface area contributed by atoms with Crippen LogP contribution < -0.4 is 9.47 Å². The van der Waals surface area contributed by atoms with Crippen LogP contribution in [0.3, 0.4) is 0 Å². The van der Waals surface area contributed by atoms with E-state index < -0.39 is 17.9 Å². The lowest BCUT2D eigenvalue weighted by atomic mass is 10.1. The van der Waals surface area contributed by atoms with Gasteiger partial charge in [-0.1, -0.05) is 67.3 Å². The first-order valence-corrected chi connectivity index (χ1v) is 11.1. The Hall–Kier alpha value is -2.84. The van der Waals surface area contributed by atoms with Gasteiger partial charge >= 0.3 is 5.97 Å². The topological polar surface area (TPSA) is 76.1 Å². The van der Waals surface area contributed by atoms with Crippen LogP contribution in [0, 0.1) is 0 Å². The predicted octanol–water partition coefficient (Wildman–Crippen LogP) is 4.90. The first-order chi connectivity index (χ1) is 15.0. The molecule has 0 aliphatic carbocycles. The highest BCUT2D eigenvalue weighted by atomic mass is 32.2. The van der Waals surface area contributed by atoms with Crippen molar-refractivity contribution in [2.24, 2.45) is 0 Å². The van der Waals surface area contributed by atoms with Crippen LogP contribution in [0.1, 0.15) is 37.4 Å². The van der Waals surface area contributed by atoms with E-state index in [9.17, 15) is 14.7 Å². The fourth-order valence-electron chi connectivity index (χ4n) is 3.11. The molecule has 0 aromatic heterocycles. The van der Waals surface area contributed by atoms with Crippen LogP contribution in [-0.4, -0.2) is 39.4 Å². The molecule has 31 heavy (non-hydrogen) atoms. The number of hydrogen-bond acceptors (Lipinski definition) is 6. The number of thiocarbonyl (C=S) groups is 1. The summed E-state index contributed by atoms with van der Waals surface area (Å²) >= 11 is 6.45. The quantitative estimate of drug-likeness (QED) is 0.424. The number of benzene rings is 2. The summed E-state index contributed by atoms with van der Waals surface area (Å²) < 4.78 is 11.6. The van der Waals surface area contributed by atoms with Crippen LogP contribution >= 0.6 is 24.0 Å². The van der Waals surface area contributed by atoms with E-state index >= 15 is 0 Å². The second-order valence-electron chi connectivity index (χ2n) is 6.69. The zero-order valence-corrected chi connectivity index (χ0v) is 18.9. The lowest BCUT2D eigenvalue weighted by Crippen LogP contribution is -2.37. The molecule has 0 spiro atoms. The number of thioether (sulfide) groups is 1. The fourth-order valence-corrected chi connectivity index (χ4v) is 4.42. The van der Waals surface area contributed by atoms with E-state index in [2.05, 4.69) is 0 Å². The molecule has 0 saturated carbocycles. The molecule has 8 heteroatoms. The molecule has 162 valence electrons. The Balaban J connectivity index is 1.91. The highest BCUT2D eigenvalue weighted by molar-refractivity contribution is 8.26. The molecule has 1 heterocycles. The Morgan fingerprint density at radius 1 is 1.16 bits per heavy atom. The third-order valence-corrected chi connectivity index (χ3v) is 5.79. The summed E-state index contributed by atoms with van der Waals surface area (Å²) in [4.78, 5) is 26.6. The molecule has 2 aromatic rings. The number of carboxylic acids is 1. The molecule has 6 nitrogen and oxygen atoms in total. The first kappa shape index (κ1) is 22.8. The second-order valence-corrected chi connectivity index (χ2v) is 8.37. The Bertz CT molecular complexity index is 1010. The molecule has 1 amide bonds. The molecule has 0 radical (unpaired) electrons. The molecule has 0 bridgehead atoms. The summed E-state index contributed by atoms with van der Waals surface area (Å²) in [7, 11) is 0. The van der Waals surface area contributed by atoms with Crippen molar-refractivity contribution in [3.8, 4) is 11.5 Å². The van der Waals surface area contributed by atoms with E-state index in [-0.39, 0.29) is 4.32 Å². The van der Waals surface area contributed by atoms with Gasteiger partial charge in [0.05, 0.1) is 18.1 Å². The number of carbonyl (C=O) groups is 2. The smallest absolute Gasteiger partial charge is 0.331 e. The maximum Gasteiger partial charge on any atom is 0.331 e. The third kappa shape index (κ3) is 5.26. The summed E-state index contributed by atoms with van der Waals surface area (Å²) in [5.41, 5.74) is 1.22. The van der Waals surface area contributed by atoms with Crippen molar-refractivity contribution < 1.29 is 24.2 Å². The monoisotopic (exact) mass is 457 g/mol. The van der Waals surface area contributed by atoms with E-state index in [0.29, 0.717) is 35.2 Å². The molecule has 1 fully saturated rings. The first-order valence-electron chi connectivity index (χ1n) is 9.90. The van der Waals surface area contributed by atoms with Crippen LogP contribution in [0.4, 0.5) is 0 Å². The lowest BCUT2D eigenvalue weighted by Gasteiger charge is -2.23. The van der Waals surface area contributed by atoms with Gasteiger partial charge in [-0.25, -0.2) is 4.79 Å². The van der Waals surface area contributed by atoms with Gasteiger partial charge in [-0.15, -0.1) is 0 Å². The van der Waals surface area contributed by atoms with Crippen molar-refractivity contribution in [2.45, 2.75) is 26.3 Å². The molecule has 1 saturated heterocycles. The Morgan fingerprint density at radius 3 is 2.55 bits per heavy atom. The summed E-state index contributed by atoms with van der Waals surface area (Å²) in [5.74, 6) is -0.341. The number of hydrogen-bond donors (Lipinski definition) is 1. The summed E-state index contributed by atoms with van der Waals surface area (Å²) in [6.07, 6.45) is 2.57. The second kappa shape index (κ2) is 10.5. The predicted molar refractivity (Wildman–Crippen MR) is 125 cm³/mol. The Morgan fingerprint density at radius 2 is 1.90 bits per heavy atom. The molecule has 1 N–H and O–H groups in total. The van der Waals surface area contributed by atoms with Gasteiger partial charge in [0.15, 0.2) is 17.5 Å². The van der Waals surface area contributed by atoms with E-state index in [1.807, 2.05) is 19.9 Å². The minimum absolute atomic E-state index is 0.209. The van der Waals surface area contributed by atoms with Gasteiger partial charge in [0.2, 0.25) is 0 Å². The molecule has 1 aliphatic rings. The highest BCUT2D eigenvalue weighted by Crippen LogP contribution is 2.39. The minimum Gasteiger partial charge on any atom is -0.490 e. The Labute approximate surface area is 190 Å². The lowest BCUT2D eigenvalue weighted by molar-refractivity contribution is -0.145. The van der Waals surface area contributed by atoms with Crippen molar-refractivity contribution in [3.63, 3.8) is 0 Å². The Kier molecular flexibility index (Phi) is 7.70. The van der Waals surface area contributed by atoms with Crippen LogP contribution in [0.25, 0.3) is 6.08 Å². The number of ether oxygens (including phenoxy) is 2. The van der Waals surface area contributed by atoms with Crippen molar-refractivity contribution in [1.29, 1.82) is 0 Å². The highest BCUT2D eigenvalue weighted by Gasteiger charge is 2.41. The van der Waals surface area contributed by atoms with E-state index in [1.165, 1.54) is 0 Å². The summed E-state index contributed by atoms with van der Waals surface area (Å²) in [6, 6.07) is 12.8. The number of aliphatic carboxylic acids is 1. The fraction of sp³-hybridized carbons (Fsp3) is 0.261. The zero-order valence-electron chi connectivity index (χ0n) is 17.2. The van der Waals surface area contributed by atoms with E-state index in [4.69, 9.17) is 21.7 Å².